The van der Waals surface area contributed by atoms with Gasteiger partial charge < -0.3 is 5.32 Å². The van der Waals surface area contributed by atoms with Crippen molar-refractivity contribution in [3.8, 4) is 0 Å². The number of nitrogens with one attached hydrogen (secondary N) is 1. The fourth-order valence-corrected chi connectivity index (χ4v) is 3.41. The van der Waals surface area contributed by atoms with Gasteiger partial charge in [-0.2, -0.15) is 0 Å². The molecular weight excluding hydrogens is 246 g/mol. The number of piperidine rings is 1. The number of halogens is 1. The lowest BCUT2D eigenvalue weighted by Crippen LogP contribution is -2.30. The first-order valence-corrected chi connectivity index (χ1v) is 6.45. The first-order chi connectivity index (χ1) is 6.34. The minimum atomic E-state index is 0.860. The second kappa shape index (κ2) is 4.58. The van der Waals surface area contributed by atoms with Gasteiger partial charge in [-0.1, -0.05) is 0 Å². The Hall–Kier alpha value is 0.140. The highest BCUT2D eigenvalue weighted by molar-refractivity contribution is 9.10. The second-order valence-corrected chi connectivity index (χ2v) is 5.56. The summed E-state index contributed by atoms with van der Waals surface area (Å²) >= 11 is 5.36. The third kappa shape index (κ3) is 2.79. The summed E-state index contributed by atoms with van der Waals surface area (Å²) in [5, 5.41) is 5.63. The molecule has 1 aromatic heterocycles. The Kier molecular flexibility index (Phi) is 3.41. The van der Waals surface area contributed by atoms with Crippen molar-refractivity contribution >= 4 is 27.3 Å². The van der Waals surface area contributed by atoms with Crippen LogP contribution in [-0.4, -0.2) is 13.1 Å². The maximum atomic E-state index is 3.49. The van der Waals surface area contributed by atoms with Crippen molar-refractivity contribution in [2.24, 2.45) is 5.92 Å². The number of rotatable bonds is 2. The highest BCUT2D eigenvalue weighted by atomic mass is 79.9. The van der Waals surface area contributed by atoms with Crippen LogP contribution in [0.2, 0.25) is 0 Å². The van der Waals surface area contributed by atoms with Gasteiger partial charge in [0.05, 0.1) is 0 Å². The first-order valence-electron chi connectivity index (χ1n) is 4.78. The van der Waals surface area contributed by atoms with Crippen LogP contribution in [0.25, 0.3) is 0 Å². The molecule has 3 heteroatoms. The molecular formula is C10H14BrNS. The maximum Gasteiger partial charge on any atom is 0.0285 e. The molecule has 0 amide bonds. The summed E-state index contributed by atoms with van der Waals surface area (Å²) in [7, 11) is 0. The summed E-state index contributed by atoms with van der Waals surface area (Å²) < 4.78 is 1.23. The summed E-state index contributed by atoms with van der Waals surface area (Å²) in [6.45, 7) is 2.42. The fourth-order valence-electron chi connectivity index (χ4n) is 1.84. The van der Waals surface area contributed by atoms with E-state index in [0.29, 0.717) is 0 Å². The first kappa shape index (κ1) is 9.69. The number of hydrogen-bond acceptors (Lipinski definition) is 2. The lowest BCUT2D eigenvalue weighted by molar-refractivity contribution is 0.378. The van der Waals surface area contributed by atoms with Gasteiger partial charge >= 0.3 is 0 Å². The molecule has 1 atom stereocenters. The molecule has 0 spiro atoms. The van der Waals surface area contributed by atoms with Gasteiger partial charge in [0.1, 0.15) is 0 Å². The summed E-state index contributed by atoms with van der Waals surface area (Å²) in [5.74, 6) is 0.860. The summed E-state index contributed by atoms with van der Waals surface area (Å²) in [5.41, 5.74) is 0. The van der Waals surface area contributed by atoms with Crippen LogP contribution in [0.15, 0.2) is 15.9 Å². The Morgan fingerprint density at radius 1 is 1.62 bits per heavy atom. The SMILES string of the molecule is Brc1csc(CC2CCCNC2)c1. The number of hydrogen-bond donors (Lipinski definition) is 1. The van der Waals surface area contributed by atoms with E-state index in [2.05, 4.69) is 32.7 Å². The molecule has 13 heavy (non-hydrogen) atoms. The van der Waals surface area contributed by atoms with E-state index in [1.54, 1.807) is 0 Å². The van der Waals surface area contributed by atoms with E-state index in [0.717, 1.165) is 5.92 Å². The lowest BCUT2D eigenvalue weighted by atomic mass is 9.96. The molecule has 1 aliphatic heterocycles. The van der Waals surface area contributed by atoms with Gasteiger partial charge in [-0.15, -0.1) is 11.3 Å². The fraction of sp³-hybridized carbons (Fsp3) is 0.600. The van der Waals surface area contributed by atoms with Crippen molar-refractivity contribution in [2.75, 3.05) is 13.1 Å². The summed E-state index contributed by atoms with van der Waals surface area (Å²) in [4.78, 5) is 1.51. The zero-order valence-corrected chi connectivity index (χ0v) is 9.96. The molecule has 1 aliphatic rings. The molecule has 72 valence electrons. The van der Waals surface area contributed by atoms with Gasteiger partial charge in [0, 0.05) is 14.7 Å². The zero-order valence-electron chi connectivity index (χ0n) is 7.55. The second-order valence-electron chi connectivity index (χ2n) is 3.65. The topological polar surface area (TPSA) is 12.0 Å². The van der Waals surface area contributed by atoms with Crippen LogP contribution in [0.5, 0.6) is 0 Å². The molecule has 1 saturated heterocycles. The normalized spacial score (nSPS) is 23.3. The molecule has 0 bridgehead atoms. The van der Waals surface area contributed by atoms with Gasteiger partial charge in [-0.3, -0.25) is 0 Å². The third-order valence-corrected chi connectivity index (χ3v) is 4.23. The summed E-state index contributed by atoms with van der Waals surface area (Å²) in [6.07, 6.45) is 3.99. The molecule has 0 aliphatic carbocycles. The highest BCUT2D eigenvalue weighted by Gasteiger charge is 2.13. The maximum absolute atomic E-state index is 3.49. The van der Waals surface area contributed by atoms with Gasteiger partial charge in [0.15, 0.2) is 0 Å². The van der Waals surface area contributed by atoms with E-state index in [4.69, 9.17) is 0 Å². The van der Waals surface area contributed by atoms with Crippen LogP contribution in [-0.2, 0) is 6.42 Å². The predicted molar refractivity (Wildman–Crippen MR) is 61.3 cm³/mol. The minimum absolute atomic E-state index is 0.860. The van der Waals surface area contributed by atoms with Crippen LogP contribution in [0.1, 0.15) is 17.7 Å². The average Bonchev–Trinajstić information content (AvgIpc) is 2.53. The van der Waals surface area contributed by atoms with Gasteiger partial charge in [-0.25, -0.2) is 0 Å². The molecule has 2 rings (SSSR count). The largest absolute Gasteiger partial charge is 0.316 e. The third-order valence-electron chi connectivity index (χ3n) is 2.51. The van der Waals surface area contributed by atoms with Crippen molar-refractivity contribution < 1.29 is 0 Å². The smallest absolute Gasteiger partial charge is 0.0285 e. The number of thiophene rings is 1. The quantitative estimate of drug-likeness (QED) is 0.861. The molecule has 1 fully saturated rings. The van der Waals surface area contributed by atoms with E-state index in [-0.39, 0.29) is 0 Å². The van der Waals surface area contributed by atoms with Gasteiger partial charge in [0.2, 0.25) is 0 Å². The van der Waals surface area contributed by atoms with Crippen LogP contribution >= 0.6 is 27.3 Å². The molecule has 1 aromatic rings. The van der Waals surface area contributed by atoms with E-state index in [1.807, 2.05) is 11.3 Å². The minimum Gasteiger partial charge on any atom is -0.316 e. The molecule has 0 aromatic carbocycles. The Morgan fingerprint density at radius 2 is 2.54 bits per heavy atom. The Bertz CT molecular complexity index is 266. The van der Waals surface area contributed by atoms with Crippen molar-refractivity contribution in [1.82, 2.24) is 5.32 Å². The predicted octanol–water partition coefficient (Wildman–Crippen LogP) is 3.05. The molecule has 1 unspecified atom stereocenters. The molecule has 0 saturated carbocycles. The molecule has 2 heterocycles. The van der Waals surface area contributed by atoms with Crippen molar-refractivity contribution in [3.63, 3.8) is 0 Å². The van der Waals surface area contributed by atoms with Crippen molar-refractivity contribution in [2.45, 2.75) is 19.3 Å². The van der Waals surface area contributed by atoms with E-state index >= 15 is 0 Å². The summed E-state index contributed by atoms with van der Waals surface area (Å²) in [6, 6.07) is 2.25. The molecule has 1 N–H and O–H groups in total. The monoisotopic (exact) mass is 259 g/mol. The van der Waals surface area contributed by atoms with E-state index in [1.165, 1.54) is 41.7 Å². The standard InChI is InChI=1S/C10H14BrNS/c11-9-5-10(13-7-9)4-8-2-1-3-12-6-8/h5,7-8,12H,1-4,6H2. The van der Waals surface area contributed by atoms with Crippen LogP contribution in [0.3, 0.4) is 0 Å². The van der Waals surface area contributed by atoms with E-state index < -0.39 is 0 Å². The van der Waals surface area contributed by atoms with Gasteiger partial charge in [-0.05, 0) is 60.3 Å². The van der Waals surface area contributed by atoms with Crippen LogP contribution in [0.4, 0.5) is 0 Å². The Balaban J connectivity index is 1.89. The van der Waals surface area contributed by atoms with Gasteiger partial charge in [0.25, 0.3) is 0 Å². The molecule has 0 radical (unpaired) electrons. The highest BCUT2D eigenvalue weighted by Crippen LogP contribution is 2.24. The van der Waals surface area contributed by atoms with Crippen LogP contribution < -0.4 is 5.32 Å². The Labute approximate surface area is 91.7 Å². The Morgan fingerprint density at radius 3 is 3.15 bits per heavy atom. The van der Waals surface area contributed by atoms with E-state index in [9.17, 15) is 0 Å². The van der Waals surface area contributed by atoms with Crippen LogP contribution in [0, 0.1) is 5.92 Å². The van der Waals surface area contributed by atoms with Crippen molar-refractivity contribution in [1.29, 1.82) is 0 Å². The average molecular weight is 260 g/mol. The zero-order chi connectivity index (χ0) is 9.10. The van der Waals surface area contributed by atoms with Crippen molar-refractivity contribution in [3.05, 3.63) is 20.8 Å². The lowest BCUT2D eigenvalue weighted by Gasteiger charge is -2.21. The molecule has 1 nitrogen and oxygen atoms in total.